The van der Waals surface area contributed by atoms with E-state index in [2.05, 4.69) is 0 Å². The third kappa shape index (κ3) is 2.09. The average molecular weight is 246 g/mol. The van der Waals surface area contributed by atoms with E-state index in [1.165, 1.54) is 0 Å². The summed E-state index contributed by atoms with van der Waals surface area (Å²) in [5.41, 5.74) is -0.417. The van der Waals surface area contributed by atoms with Crippen LogP contribution < -0.4 is 5.46 Å². The van der Waals surface area contributed by atoms with Crippen molar-refractivity contribution in [3.63, 3.8) is 0 Å². The monoisotopic (exact) mass is 246 g/mol. The summed E-state index contributed by atoms with van der Waals surface area (Å²) in [5.74, 6) is -1.83. The molecule has 0 aromatic heterocycles. The van der Waals surface area contributed by atoms with Gasteiger partial charge in [0.05, 0.1) is 18.8 Å². The van der Waals surface area contributed by atoms with Gasteiger partial charge in [0, 0.05) is 11.5 Å². The summed E-state index contributed by atoms with van der Waals surface area (Å²) in [7, 11) is -0.907. The van der Waals surface area contributed by atoms with E-state index in [-0.39, 0.29) is 5.46 Å². The Bertz CT molecular complexity index is 435. The van der Waals surface area contributed by atoms with Crippen LogP contribution in [0.2, 0.25) is 0 Å². The van der Waals surface area contributed by atoms with Crippen LogP contribution in [0.5, 0.6) is 0 Å². The fourth-order valence-corrected chi connectivity index (χ4v) is 1.58. The molecule has 0 aliphatic carbocycles. The summed E-state index contributed by atoms with van der Waals surface area (Å²) >= 11 is 5.16. The molecule has 0 saturated carbocycles. The first-order chi connectivity index (χ1) is 7.59. The highest BCUT2D eigenvalue weighted by Crippen LogP contribution is 2.13. The van der Waals surface area contributed by atoms with Crippen molar-refractivity contribution in [2.45, 2.75) is 0 Å². The first-order valence-corrected chi connectivity index (χ1v) is 4.89. The molecule has 0 unspecified atom stereocenters. The van der Waals surface area contributed by atoms with Crippen LogP contribution in [-0.2, 0) is 9.31 Å². The van der Waals surface area contributed by atoms with Gasteiger partial charge in [0.15, 0.2) is 0 Å². The molecule has 1 aliphatic rings. The maximum absolute atomic E-state index is 13.4. The normalized spacial score (nSPS) is 15.6. The maximum atomic E-state index is 13.4. The molecule has 1 saturated heterocycles. The second-order valence-electron chi connectivity index (χ2n) is 3.20. The highest BCUT2D eigenvalue weighted by molar-refractivity contribution is 6.68. The number of rotatable bonds is 2. The van der Waals surface area contributed by atoms with Gasteiger partial charge in [-0.2, -0.15) is 0 Å². The Hall–Kier alpha value is -0.975. The summed E-state index contributed by atoms with van der Waals surface area (Å²) in [6.45, 7) is 0.650. The number of hydrogen-bond acceptors (Lipinski definition) is 3. The summed E-state index contributed by atoms with van der Waals surface area (Å²) in [6.07, 6.45) is 0. The second-order valence-corrected chi connectivity index (χ2v) is 3.54. The quantitative estimate of drug-likeness (QED) is 0.579. The molecule has 1 aromatic carbocycles. The van der Waals surface area contributed by atoms with E-state index in [0.29, 0.717) is 19.3 Å². The zero-order valence-electron chi connectivity index (χ0n) is 8.00. The van der Waals surface area contributed by atoms with Crippen LogP contribution in [0.1, 0.15) is 10.4 Å². The van der Waals surface area contributed by atoms with Crippen LogP contribution in [0, 0.1) is 11.6 Å². The van der Waals surface area contributed by atoms with E-state index in [4.69, 9.17) is 20.9 Å². The smallest absolute Gasteiger partial charge is 0.405 e. The molecule has 84 valence electrons. The predicted octanol–water partition coefficient (Wildman–Crippen LogP) is 1.09. The van der Waals surface area contributed by atoms with Crippen molar-refractivity contribution in [2.24, 2.45) is 0 Å². The van der Waals surface area contributed by atoms with Crippen molar-refractivity contribution in [3.05, 3.63) is 29.3 Å². The third-order valence-electron chi connectivity index (χ3n) is 2.17. The van der Waals surface area contributed by atoms with E-state index in [0.717, 1.165) is 6.07 Å². The lowest BCUT2D eigenvalue weighted by atomic mass is 9.78. The molecule has 7 heteroatoms. The molecule has 1 heterocycles. The lowest BCUT2D eigenvalue weighted by Gasteiger charge is -2.07. The minimum absolute atomic E-state index is 0.0251. The average Bonchev–Trinajstić information content (AvgIpc) is 2.70. The van der Waals surface area contributed by atoms with Crippen molar-refractivity contribution in [2.75, 3.05) is 13.2 Å². The second kappa shape index (κ2) is 4.49. The van der Waals surface area contributed by atoms with Crippen molar-refractivity contribution >= 4 is 29.4 Å². The standard InChI is InChI=1S/C9H6BClF2O3/c11-9(14)5-3-6(8(13)4-7(5)12)10-15-1-2-16-10/h3-4H,1-2H2. The van der Waals surface area contributed by atoms with Gasteiger partial charge in [-0.05, 0) is 17.7 Å². The first-order valence-electron chi connectivity index (χ1n) is 4.51. The van der Waals surface area contributed by atoms with Crippen molar-refractivity contribution in [1.82, 2.24) is 0 Å². The van der Waals surface area contributed by atoms with Gasteiger partial charge in [-0.1, -0.05) is 0 Å². The van der Waals surface area contributed by atoms with Crippen LogP contribution in [0.3, 0.4) is 0 Å². The van der Waals surface area contributed by atoms with Gasteiger partial charge in [-0.25, -0.2) is 8.78 Å². The summed E-state index contributed by atoms with van der Waals surface area (Å²) < 4.78 is 36.6. The van der Waals surface area contributed by atoms with Gasteiger partial charge in [0.25, 0.3) is 5.24 Å². The fourth-order valence-electron chi connectivity index (χ4n) is 1.43. The molecule has 16 heavy (non-hydrogen) atoms. The molecule has 0 amide bonds. The largest absolute Gasteiger partial charge is 0.497 e. The molecule has 3 nitrogen and oxygen atoms in total. The Balaban J connectivity index is 2.44. The van der Waals surface area contributed by atoms with Crippen molar-refractivity contribution in [1.29, 1.82) is 0 Å². The summed E-state index contributed by atoms with van der Waals surface area (Å²) in [6, 6.07) is 1.60. The SMILES string of the molecule is O=C(Cl)c1cc(B2OCCO2)c(F)cc1F. The molecule has 1 aromatic rings. The van der Waals surface area contributed by atoms with Crippen LogP contribution in [0.25, 0.3) is 0 Å². The highest BCUT2D eigenvalue weighted by atomic mass is 35.5. The van der Waals surface area contributed by atoms with E-state index in [9.17, 15) is 13.6 Å². The molecule has 0 radical (unpaired) electrons. The van der Waals surface area contributed by atoms with Crippen molar-refractivity contribution in [3.8, 4) is 0 Å². The van der Waals surface area contributed by atoms with Gasteiger partial charge in [-0.15, -0.1) is 0 Å². The van der Waals surface area contributed by atoms with Crippen LogP contribution >= 0.6 is 11.6 Å². The minimum Gasteiger partial charge on any atom is -0.405 e. The molecule has 0 bridgehead atoms. The zero-order valence-corrected chi connectivity index (χ0v) is 8.76. The molecule has 0 spiro atoms. The number of carbonyl (C=O) groups is 1. The van der Waals surface area contributed by atoms with Gasteiger partial charge in [0.2, 0.25) is 0 Å². The van der Waals surface area contributed by atoms with Crippen LogP contribution in [-0.4, -0.2) is 25.6 Å². The Kier molecular flexibility index (Phi) is 3.23. The van der Waals surface area contributed by atoms with E-state index in [1.54, 1.807) is 0 Å². The minimum atomic E-state index is -1.00. The molecular weight excluding hydrogens is 240 g/mol. The predicted molar refractivity (Wildman–Crippen MR) is 53.8 cm³/mol. The van der Waals surface area contributed by atoms with E-state index < -0.39 is 29.6 Å². The maximum Gasteiger partial charge on any atom is 0.497 e. The topological polar surface area (TPSA) is 35.5 Å². The number of hydrogen-bond donors (Lipinski definition) is 0. The van der Waals surface area contributed by atoms with Gasteiger partial charge < -0.3 is 9.31 Å². The van der Waals surface area contributed by atoms with Crippen LogP contribution in [0.4, 0.5) is 8.78 Å². The molecular formula is C9H6BClF2O3. The van der Waals surface area contributed by atoms with E-state index >= 15 is 0 Å². The number of carbonyl (C=O) groups excluding carboxylic acids is 1. The molecule has 0 N–H and O–H groups in total. The van der Waals surface area contributed by atoms with Gasteiger partial charge >= 0.3 is 7.12 Å². The molecule has 2 rings (SSSR count). The number of benzene rings is 1. The van der Waals surface area contributed by atoms with Gasteiger partial charge in [0.1, 0.15) is 11.6 Å². The lowest BCUT2D eigenvalue weighted by molar-refractivity contribution is 0.107. The Labute approximate surface area is 95.4 Å². The Morgan fingerprint density at radius 1 is 1.25 bits per heavy atom. The molecule has 1 fully saturated rings. The highest BCUT2D eigenvalue weighted by Gasteiger charge is 2.31. The molecule has 0 atom stereocenters. The number of halogens is 3. The zero-order chi connectivity index (χ0) is 11.7. The summed E-state index contributed by atoms with van der Waals surface area (Å²) in [4.78, 5) is 10.9. The Morgan fingerprint density at radius 3 is 2.44 bits per heavy atom. The first kappa shape index (κ1) is 11.5. The molecule has 1 aliphatic heterocycles. The van der Waals surface area contributed by atoms with Gasteiger partial charge in [-0.3, -0.25) is 4.79 Å². The Morgan fingerprint density at radius 2 is 1.88 bits per heavy atom. The van der Waals surface area contributed by atoms with Crippen LogP contribution in [0.15, 0.2) is 12.1 Å². The lowest BCUT2D eigenvalue weighted by Crippen LogP contribution is -2.35. The third-order valence-corrected chi connectivity index (χ3v) is 2.38. The van der Waals surface area contributed by atoms with Crippen molar-refractivity contribution < 1.29 is 22.9 Å². The summed E-state index contributed by atoms with van der Waals surface area (Å²) in [5, 5.41) is -0.989. The fraction of sp³-hybridized carbons (Fsp3) is 0.222. The van der Waals surface area contributed by atoms with E-state index in [1.807, 2.05) is 0 Å².